The van der Waals surface area contributed by atoms with Crippen molar-refractivity contribution in [1.82, 2.24) is 5.32 Å². The van der Waals surface area contributed by atoms with Crippen molar-refractivity contribution < 1.29 is 19.4 Å². The number of ether oxygens (including phenoxy) is 2. The van der Waals surface area contributed by atoms with Gasteiger partial charge >= 0.3 is 5.97 Å². The predicted octanol–water partition coefficient (Wildman–Crippen LogP) is 1.17. The molecular weight excluding hydrogens is 246 g/mol. The quantitative estimate of drug-likeness (QED) is 0.757. The molecule has 1 aliphatic heterocycles. The van der Waals surface area contributed by atoms with Crippen LogP contribution in [-0.2, 0) is 14.3 Å². The van der Waals surface area contributed by atoms with Crippen LogP contribution < -0.4 is 5.32 Å². The molecule has 0 spiro atoms. The molecule has 19 heavy (non-hydrogen) atoms. The standard InChI is InChI=1S/C14H23NO4/c16-13(17)14(15-11-1-2-11)5-3-12(7-14)19-9-10-4-6-18-8-10/h10-12,15H,1-9H2,(H,16,17). The summed E-state index contributed by atoms with van der Waals surface area (Å²) >= 11 is 0. The van der Waals surface area contributed by atoms with Crippen molar-refractivity contribution >= 4 is 5.97 Å². The summed E-state index contributed by atoms with van der Waals surface area (Å²) in [7, 11) is 0. The van der Waals surface area contributed by atoms with Gasteiger partial charge in [0.1, 0.15) is 5.54 Å². The Morgan fingerprint density at radius 2 is 2.21 bits per heavy atom. The molecule has 3 rings (SSSR count). The third-order valence-electron chi connectivity index (χ3n) is 4.53. The molecule has 0 radical (unpaired) electrons. The van der Waals surface area contributed by atoms with Crippen molar-refractivity contribution in [2.24, 2.45) is 5.92 Å². The van der Waals surface area contributed by atoms with Crippen LogP contribution in [0.25, 0.3) is 0 Å². The van der Waals surface area contributed by atoms with E-state index in [1.807, 2.05) is 0 Å². The van der Waals surface area contributed by atoms with E-state index in [-0.39, 0.29) is 6.10 Å². The van der Waals surface area contributed by atoms with Crippen LogP contribution in [-0.4, -0.2) is 48.6 Å². The Hall–Kier alpha value is -0.650. The molecule has 3 fully saturated rings. The van der Waals surface area contributed by atoms with Gasteiger partial charge in [0.15, 0.2) is 0 Å². The number of hydrogen-bond donors (Lipinski definition) is 2. The summed E-state index contributed by atoms with van der Waals surface area (Å²) in [5, 5.41) is 12.8. The molecule has 0 aromatic carbocycles. The van der Waals surface area contributed by atoms with Gasteiger partial charge in [-0.3, -0.25) is 10.1 Å². The van der Waals surface area contributed by atoms with E-state index in [4.69, 9.17) is 9.47 Å². The largest absolute Gasteiger partial charge is 0.480 e. The van der Waals surface area contributed by atoms with Gasteiger partial charge in [-0.15, -0.1) is 0 Å². The zero-order chi connectivity index (χ0) is 13.3. The summed E-state index contributed by atoms with van der Waals surface area (Å²) in [4.78, 5) is 11.6. The van der Waals surface area contributed by atoms with E-state index in [2.05, 4.69) is 5.32 Å². The molecule has 2 N–H and O–H groups in total. The second-order valence-electron chi connectivity index (χ2n) is 6.23. The van der Waals surface area contributed by atoms with Crippen LogP contribution in [0, 0.1) is 5.92 Å². The van der Waals surface area contributed by atoms with E-state index in [1.165, 1.54) is 0 Å². The zero-order valence-electron chi connectivity index (χ0n) is 11.3. The molecule has 0 bridgehead atoms. The van der Waals surface area contributed by atoms with Crippen molar-refractivity contribution in [3.8, 4) is 0 Å². The molecule has 1 heterocycles. The van der Waals surface area contributed by atoms with Crippen LogP contribution in [0.4, 0.5) is 0 Å². The summed E-state index contributed by atoms with van der Waals surface area (Å²) in [5.74, 6) is -0.217. The minimum atomic E-state index is -0.738. The maximum atomic E-state index is 11.6. The topological polar surface area (TPSA) is 67.8 Å². The Morgan fingerprint density at radius 3 is 2.84 bits per heavy atom. The van der Waals surface area contributed by atoms with Crippen LogP contribution in [0.1, 0.15) is 38.5 Å². The van der Waals surface area contributed by atoms with E-state index in [1.54, 1.807) is 0 Å². The van der Waals surface area contributed by atoms with Crippen LogP contribution in [0.15, 0.2) is 0 Å². The maximum Gasteiger partial charge on any atom is 0.324 e. The Morgan fingerprint density at radius 1 is 1.37 bits per heavy atom. The highest BCUT2D eigenvalue weighted by molar-refractivity contribution is 5.79. The first-order valence-electron chi connectivity index (χ1n) is 7.38. The van der Waals surface area contributed by atoms with Crippen LogP contribution in [0.3, 0.4) is 0 Å². The van der Waals surface area contributed by atoms with Crippen molar-refractivity contribution in [2.45, 2.75) is 56.2 Å². The van der Waals surface area contributed by atoms with Gasteiger partial charge in [0.05, 0.1) is 19.3 Å². The molecule has 0 aromatic rings. The summed E-state index contributed by atoms with van der Waals surface area (Å²) in [6.07, 6.45) is 5.51. The molecule has 5 heteroatoms. The molecule has 3 aliphatic rings. The average Bonchev–Trinajstić information content (AvgIpc) is 2.91. The van der Waals surface area contributed by atoms with Crippen LogP contribution in [0.5, 0.6) is 0 Å². The molecular formula is C14H23NO4. The van der Waals surface area contributed by atoms with E-state index in [0.29, 0.717) is 31.4 Å². The summed E-state index contributed by atoms with van der Waals surface area (Å²) in [6, 6.07) is 0.415. The van der Waals surface area contributed by atoms with Crippen LogP contribution in [0.2, 0.25) is 0 Å². The third kappa shape index (κ3) is 3.09. The number of carbonyl (C=O) groups is 1. The Balaban J connectivity index is 1.50. The zero-order valence-corrected chi connectivity index (χ0v) is 11.3. The molecule has 108 valence electrons. The SMILES string of the molecule is O=C(O)C1(NC2CC2)CCC(OCC2CCOC2)C1. The Labute approximate surface area is 113 Å². The van der Waals surface area contributed by atoms with E-state index in [0.717, 1.165) is 38.9 Å². The fraction of sp³-hybridized carbons (Fsp3) is 0.929. The second-order valence-corrected chi connectivity index (χ2v) is 6.23. The van der Waals surface area contributed by atoms with E-state index < -0.39 is 11.5 Å². The fourth-order valence-electron chi connectivity index (χ4n) is 3.13. The molecule has 0 amide bonds. The fourth-order valence-corrected chi connectivity index (χ4v) is 3.13. The first-order valence-corrected chi connectivity index (χ1v) is 7.38. The van der Waals surface area contributed by atoms with Gasteiger partial charge in [-0.2, -0.15) is 0 Å². The molecule has 0 aromatic heterocycles. The van der Waals surface area contributed by atoms with Crippen LogP contribution >= 0.6 is 0 Å². The van der Waals surface area contributed by atoms with Gasteiger partial charge < -0.3 is 14.6 Å². The molecule has 2 saturated carbocycles. The molecule has 3 atom stereocenters. The highest BCUT2D eigenvalue weighted by Crippen LogP contribution is 2.36. The van der Waals surface area contributed by atoms with Gasteiger partial charge in [-0.25, -0.2) is 0 Å². The second kappa shape index (κ2) is 5.38. The summed E-state index contributed by atoms with van der Waals surface area (Å²) < 4.78 is 11.2. The van der Waals surface area contributed by atoms with Gasteiger partial charge in [-0.05, 0) is 32.1 Å². The normalized spacial score (nSPS) is 38.7. The number of hydrogen-bond acceptors (Lipinski definition) is 4. The number of aliphatic carboxylic acids is 1. The van der Waals surface area contributed by atoms with Gasteiger partial charge in [0.25, 0.3) is 0 Å². The lowest BCUT2D eigenvalue weighted by molar-refractivity contribution is -0.145. The van der Waals surface area contributed by atoms with Crippen molar-refractivity contribution in [3.63, 3.8) is 0 Å². The maximum absolute atomic E-state index is 11.6. The highest BCUT2D eigenvalue weighted by atomic mass is 16.5. The number of carboxylic acid groups (broad SMARTS) is 1. The predicted molar refractivity (Wildman–Crippen MR) is 69.0 cm³/mol. The highest BCUT2D eigenvalue weighted by Gasteiger charge is 2.48. The monoisotopic (exact) mass is 269 g/mol. The van der Waals surface area contributed by atoms with Crippen molar-refractivity contribution in [2.75, 3.05) is 19.8 Å². The Kier molecular flexibility index (Phi) is 3.78. The summed E-state index contributed by atoms with van der Waals surface area (Å²) in [5.41, 5.74) is -0.738. The number of nitrogens with one attached hydrogen (secondary N) is 1. The first kappa shape index (κ1) is 13.3. The first-order chi connectivity index (χ1) is 9.18. The van der Waals surface area contributed by atoms with Crippen molar-refractivity contribution in [3.05, 3.63) is 0 Å². The minimum Gasteiger partial charge on any atom is -0.480 e. The molecule has 5 nitrogen and oxygen atoms in total. The van der Waals surface area contributed by atoms with Gasteiger partial charge in [0, 0.05) is 25.0 Å². The summed E-state index contributed by atoms with van der Waals surface area (Å²) in [6.45, 7) is 2.34. The van der Waals surface area contributed by atoms with E-state index >= 15 is 0 Å². The minimum absolute atomic E-state index is 0.0861. The van der Waals surface area contributed by atoms with Crippen molar-refractivity contribution in [1.29, 1.82) is 0 Å². The lowest BCUT2D eigenvalue weighted by Gasteiger charge is -2.26. The average molecular weight is 269 g/mol. The lowest BCUT2D eigenvalue weighted by Crippen LogP contribution is -2.51. The van der Waals surface area contributed by atoms with Gasteiger partial charge in [-0.1, -0.05) is 0 Å². The Bertz CT molecular complexity index is 338. The molecule has 2 aliphatic carbocycles. The molecule has 3 unspecified atom stereocenters. The van der Waals surface area contributed by atoms with Gasteiger partial charge in [0.2, 0.25) is 0 Å². The number of carboxylic acids is 1. The van der Waals surface area contributed by atoms with E-state index in [9.17, 15) is 9.90 Å². The smallest absolute Gasteiger partial charge is 0.324 e. The number of rotatable bonds is 6. The third-order valence-corrected chi connectivity index (χ3v) is 4.53. The lowest BCUT2D eigenvalue weighted by atomic mass is 9.97. The molecule has 1 saturated heterocycles.